The molecule has 62 valence electrons. The minimum Gasteiger partial charge on any atom is -0.496 e. The third kappa shape index (κ3) is 1.08. The molecule has 0 saturated heterocycles. The van der Waals surface area contributed by atoms with Crippen molar-refractivity contribution < 1.29 is 4.74 Å². The van der Waals surface area contributed by atoms with Gasteiger partial charge in [-0.15, -0.1) is 11.3 Å². The number of rotatable bonds is 1. The summed E-state index contributed by atoms with van der Waals surface area (Å²) in [6, 6.07) is 6.36. The van der Waals surface area contributed by atoms with Gasteiger partial charge in [-0.3, -0.25) is 0 Å². The van der Waals surface area contributed by atoms with Crippen LogP contribution in [0.25, 0.3) is 10.1 Å². The molecule has 2 rings (SSSR count). The summed E-state index contributed by atoms with van der Waals surface area (Å²) >= 11 is 1.77. The highest BCUT2D eigenvalue weighted by atomic mass is 32.1. The Bertz CT molecular complexity index is 403. The van der Waals surface area contributed by atoms with Gasteiger partial charge < -0.3 is 4.74 Å². The Morgan fingerprint density at radius 2 is 2.17 bits per heavy atom. The molecule has 0 bridgehead atoms. The average Bonchev–Trinajstić information content (AvgIpc) is 2.49. The Morgan fingerprint density at radius 1 is 1.33 bits per heavy atom. The van der Waals surface area contributed by atoms with E-state index in [0.29, 0.717) is 0 Å². The summed E-state index contributed by atoms with van der Waals surface area (Å²) in [5, 5.41) is 3.37. The molecular weight excluding hydrogens is 168 g/mol. The van der Waals surface area contributed by atoms with Crippen molar-refractivity contribution in [3.63, 3.8) is 0 Å². The zero-order valence-electron chi connectivity index (χ0n) is 7.13. The maximum atomic E-state index is 5.23. The Balaban J connectivity index is 2.73. The molecule has 0 spiro atoms. The lowest BCUT2D eigenvalue weighted by atomic mass is 10.2. The van der Waals surface area contributed by atoms with E-state index in [-0.39, 0.29) is 0 Å². The van der Waals surface area contributed by atoms with Crippen LogP contribution >= 0.6 is 11.3 Å². The van der Waals surface area contributed by atoms with Crippen LogP contribution in [0.2, 0.25) is 0 Å². The molecule has 0 aliphatic carbocycles. The van der Waals surface area contributed by atoms with Crippen LogP contribution in [0.1, 0.15) is 5.56 Å². The third-order valence-corrected chi connectivity index (χ3v) is 2.85. The van der Waals surface area contributed by atoms with Gasteiger partial charge in [-0.2, -0.15) is 0 Å². The van der Waals surface area contributed by atoms with Crippen LogP contribution in [0.5, 0.6) is 5.75 Å². The van der Waals surface area contributed by atoms with Crippen molar-refractivity contribution in [3.05, 3.63) is 29.1 Å². The van der Waals surface area contributed by atoms with Crippen molar-refractivity contribution in [2.24, 2.45) is 0 Å². The van der Waals surface area contributed by atoms with Gasteiger partial charge in [0.05, 0.1) is 7.11 Å². The van der Waals surface area contributed by atoms with Crippen molar-refractivity contribution in [2.75, 3.05) is 7.11 Å². The molecular formula is C10H10OS. The van der Waals surface area contributed by atoms with Crippen LogP contribution in [-0.2, 0) is 0 Å². The first-order chi connectivity index (χ1) is 5.81. The first kappa shape index (κ1) is 7.62. The van der Waals surface area contributed by atoms with Crippen molar-refractivity contribution in [2.45, 2.75) is 6.92 Å². The molecule has 1 aromatic heterocycles. The molecule has 0 fully saturated rings. The molecule has 2 heteroatoms. The van der Waals surface area contributed by atoms with E-state index < -0.39 is 0 Å². The molecule has 0 saturated carbocycles. The van der Waals surface area contributed by atoms with E-state index in [0.717, 1.165) is 5.75 Å². The Morgan fingerprint density at radius 3 is 2.92 bits per heavy atom. The second kappa shape index (κ2) is 2.79. The predicted molar refractivity (Wildman–Crippen MR) is 53.1 cm³/mol. The molecule has 2 aromatic rings. The summed E-state index contributed by atoms with van der Waals surface area (Å²) in [5.41, 5.74) is 1.20. The maximum absolute atomic E-state index is 5.23. The van der Waals surface area contributed by atoms with E-state index in [1.807, 2.05) is 0 Å². The standard InChI is InChI=1S/C10H10OS/c1-7-5-10-8(3-4-12-10)6-9(7)11-2/h3-6H,1-2H3. The zero-order valence-corrected chi connectivity index (χ0v) is 7.94. The van der Waals surface area contributed by atoms with Gasteiger partial charge in [-0.05, 0) is 41.5 Å². The zero-order chi connectivity index (χ0) is 8.55. The minimum absolute atomic E-state index is 0.973. The lowest BCUT2D eigenvalue weighted by molar-refractivity contribution is 0.412. The van der Waals surface area contributed by atoms with Crippen LogP contribution in [0.3, 0.4) is 0 Å². The molecule has 0 atom stereocenters. The lowest BCUT2D eigenvalue weighted by Gasteiger charge is -2.03. The number of fused-ring (bicyclic) bond motifs is 1. The molecule has 0 N–H and O–H groups in total. The number of aryl methyl sites for hydroxylation is 1. The summed E-state index contributed by atoms with van der Waals surface area (Å²) < 4.78 is 6.55. The average molecular weight is 178 g/mol. The minimum atomic E-state index is 0.973. The molecule has 0 aliphatic heterocycles. The van der Waals surface area contributed by atoms with Gasteiger partial charge >= 0.3 is 0 Å². The van der Waals surface area contributed by atoms with Gasteiger partial charge in [0.15, 0.2) is 0 Å². The van der Waals surface area contributed by atoms with Gasteiger partial charge in [0.1, 0.15) is 5.75 Å². The monoisotopic (exact) mass is 178 g/mol. The van der Waals surface area contributed by atoms with Crippen molar-refractivity contribution in [1.29, 1.82) is 0 Å². The van der Waals surface area contributed by atoms with E-state index in [1.54, 1.807) is 18.4 Å². The van der Waals surface area contributed by atoms with E-state index in [2.05, 4.69) is 30.5 Å². The fraction of sp³-hybridized carbons (Fsp3) is 0.200. The first-order valence-corrected chi connectivity index (χ1v) is 4.71. The molecule has 1 nitrogen and oxygen atoms in total. The summed E-state index contributed by atoms with van der Waals surface area (Å²) in [6.45, 7) is 2.07. The van der Waals surface area contributed by atoms with E-state index >= 15 is 0 Å². The van der Waals surface area contributed by atoms with Crippen LogP contribution in [-0.4, -0.2) is 7.11 Å². The topological polar surface area (TPSA) is 9.23 Å². The van der Waals surface area contributed by atoms with Crippen molar-refractivity contribution in [1.82, 2.24) is 0 Å². The van der Waals surface area contributed by atoms with Gasteiger partial charge in [-0.25, -0.2) is 0 Å². The second-order valence-corrected chi connectivity index (χ2v) is 3.73. The van der Waals surface area contributed by atoms with Crippen molar-refractivity contribution >= 4 is 21.4 Å². The van der Waals surface area contributed by atoms with E-state index in [9.17, 15) is 0 Å². The second-order valence-electron chi connectivity index (χ2n) is 2.78. The summed E-state index contributed by atoms with van der Waals surface area (Å²) in [6.07, 6.45) is 0. The van der Waals surface area contributed by atoms with Gasteiger partial charge in [0.25, 0.3) is 0 Å². The number of benzene rings is 1. The highest BCUT2D eigenvalue weighted by Crippen LogP contribution is 2.28. The van der Waals surface area contributed by atoms with Crippen LogP contribution in [0.15, 0.2) is 23.6 Å². The molecule has 1 heterocycles. The highest BCUT2D eigenvalue weighted by molar-refractivity contribution is 7.17. The fourth-order valence-electron chi connectivity index (χ4n) is 1.31. The Labute approximate surface area is 75.6 Å². The van der Waals surface area contributed by atoms with Crippen molar-refractivity contribution in [3.8, 4) is 5.75 Å². The van der Waals surface area contributed by atoms with E-state index in [4.69, 9.17) is 4.74 Å². The first-order valence-electron chi connectivity index (χ1n) is 3.83. The van der Waals surface area contributed by atoms with Crippen LogP contribution < -0.4 is 4.74 Å². The molecule has 0 radical (unpaired) electrons. The SMILES string of the molecule is COc1cc2ccsc2cc1C. The lowest BCUT2D eigenvalue weighted by Crippen LogP contribution is -1.85. The highest BCUT2D eigenvalue weighted by Gasteiger charge is 2.01. The molecule has 12 heavy (non-hydrogen) atoms. The van der Waals surface area contributed by atoms with Crippen LogP contribution in [0.4, 0.5) is 0 Å². The normalized spacial score (nSPS) is 10.5. The number of ether oxygens (including phenoxy) is 1. The van der Waals surface area contributed by atoms with E-state index in [1.165, 1.54) is 15.6 Å². The number of thiophene rings is 1. The fourth-order valence-corrected chi connectivity index (χ4v) is 2.18. The third-order valence-electron chi connectivity index (χ3n) is 1.97. The molecule has 1 aromatic carbocycles. The Hall–Kier alpha value is -1.02. The predicted octanol–water partition coefficient (Wildman–Crippen LogP) is 3.22. The van der Waals surface area contributed by atoms with Gasteiger partial charge in [0.2, 0.25) is 0 Å². The smallest absolute Gasteiger partial charge is 0.122 e. The number of methoxy groups -OCH3 is 1. The summed E-state index contributed by atoms with van der Waals surface area (Å²) in [5.74, 6) is 0.973. The number of hydrogen-bond acceptors (Lipinski definition) is 2. The molecule has 0 amide bonds. The quantitative estimate of drug-likeness (QED) is 0.651. The van der Waals surface area contributed by atoms with Gasteiger partial charge in [-0.1, -0.05) is 0 Å². The number of hydrogen-bond donors (Lipinski definition) is 0. The van der Waals surface area contributed by atoms with Crippen LogP contribution in [0, 0.1) is 6.92 Å². The summed E-state index contributed by atoms with van der Waals surface area (Å²) in [7, 11) is 1.71. The molecule has 0 unspecified atom stereocenters. The molecule has 0 aliphatic rings. The summed E-state index contributed by atoms with van der Waals surface area (Å²) in [4.78, 5) is 0. The Kier molecular flexibility index (Phi) is 1.77. The van der Waals surface area contributed by atoms with Gasteiger partial charge in [0, 0.05) is 4.70 Å². The maximum Gasteiger partial charge on any atom is 0.122 e. The largest absolute Gasteiger partial charge is 0.496 e.